The molecule has 0 amide bonds. The van der Waals surface area contributed by atoms with E-state index in [1.54, 1.807) is 12.1 Å². The van der Waals surface area contributed by atoms with Crippen molar-refractivity contribution in [2.45, 2.75) is 40.2 Å². The average Bonchev–Trinajstić information content (AvgIpc) is 2.48. The van der Waals surface area contributed by atoms with Crippen LogP contribution in [0.2, 0.25) is 0 Å². The van der Waals surface area contributed by atoms with Crippen molar-refractivity contribution in [1.29, 1.82) is 0 Å². The summed E-state index contributed by atoms with van der Waals surface area (Å²) in [5, 5.41) is 9.01. The number of methoxy groups -OCH3 is 1. The van der Waals surface area contributed by atoms with Gasteiger partial charge in [0.2, 0.25) is 0 Å². The van der Waals surface area contributed by atoms with Crippen LogP contribution in [0.15, 0.2) is 24.3 Å². The van der Waals surface area contributed by atoms with Crippen LogP contribution >= 0.6 is 0 Å². The van der Waals surface area contributed by atoms with Gasteiger partial charge in [0, 0.05) is 28.8 Å². The highest BCUT2D eigenvalue weighted by Gasteiger charge is 2.33. The first-order chi connectivity index (χ1) is 11.5. The molecule has 0 atom stereocenters. The Hall–Kier alpha value is -2.30. The van der Waals surface area contributed by atoms with Crippen molar-refractivity contribution in [2.75, 3.05) is 13.8 Å². The Labute approximate surface area is 148 Å². The zero-order chi connectivity index (χ0) is 19.0. The largest absolute Gasteiger partial charge is 0.496 e. The molecule has 4 nitrogen and oxygen atoms in total. The summed E-state index contributed by atoms with van der Waals surface area (Å²) in [6.07, 6.45) is 2.93. The molecule has 1 aliphatic rings. The smallest absolute Gasteiger partial charge is 0.328 e. The zero-order valence-electron chi connectivity index (χ0n) is 15.6. The average molecular weight is 348 g/mol. The van der Waals surface area contributed by atoms with Gasteiger partial charge in [-0.05, 0) is 37.0 Å². The molecule has 2 rings (SSSR count). The van der Waals surface area contributed by atoms with E-state index in [1.807, 2.05) is 13.8 Å². The van der Waals surface area contributed by atoms with Gasteiger partial charge < -0.3 is 14.6 Å². The minimum absolute atomic E-state index is 0.0604. The van der Waals surface area contributed by atoms with Gasteiger partial charge in [-0.3, -0.25) is 0 Å². The van der Waals surface area contributed by atoms with Gasteiger partial charge >= 0.3 is 5.97 Å². The molecule has 0 radical (unpaired) electrons. The monoisotopic (exact) mass is 348 g/mol. The van der Waals surface area contributed by atoms with Crippen LogP contribution in [0.5, 0.6) is 11.5 Å². The number of carbonyl (C=O) groups is 1. The number of allylic oxidation sites excluding steroid dienone is 2. The van der Waals surface area contributed by atoms with Crippen LogP contribution in [-0.2, 0) is 4.79 Å². The third kappa shape index (κ3) is 4.03. The second-order valence-corrected chi connectivity index (χ2v) is 7.70. The molecular formula is C20H25FO4. The van der Waals surface area contributed by atoms with Gasteiger partial charge in [-0.1, -0.05) is 20.8 Å². The van der Waals surface area contributed by atoms with Crippen molar-refractivity contribution in [3.8, 4) is 11.5 Å². The molecule has 1 aliphatic heterocycles. The van der Waals surface area contributed by atoms with E-state index >= 15 is 0 Å². The lowest BCUT2D eigenvalue weighted by atomic mass is 9.77. The maximum atomic E-state index is 13.5. The van der Waals surface area contributed by atoms with Gasteiger partial charge in [-0.15, -0.1) is 0 Å². The molecular weight excluding hydrogens is 323 g/mol. The number of carboxylic acids is 1. The van der Waals surface area contributed by atoms with Crippen molar-refractivity contribution >= 4 is 17.1 Å². The van der Waals surface area contributed by atoms with Crippen molar-refractivity contribution in [3.05, 3.63) is 35.4 Å². The Morgan fingerprint density at radius 3 is 2.48 bits per heavy atom. The Kier molecular flexibility index (Phi) is 4.98. The van der Waals surface area contributed by atoms with E-state index in [1.165, 1.54) is 7.11 Å². The van der Waals surface area contributed by atoms with Crippen molar-refractivity contribution < 1.29 is 23.8 Å². The summed E-state index contributed by atoms with van der Waals surface area (Å²) < 4.78 is 24.9. The van der Waals surface area contributed by atoms with Gasteiger partial charge in [-0.25, -0.2) is 9.18 Å². The molecule has 1 N–H and O–H groups in total. The van der Waals surface area contributed by atoms with Crippen molar-refractivity contribution in [2.24, 2.45) is 5.41 Å². The summed E-state index contributed by atoms with van der Waals surface area (Å²) in [4.78, 5) is 11.0. The van der Waals surface area contributed by atoms with Gasteiger partial charge in [0.25, 0.3) is 0 Å². The van der Waals surface area contributed by atoms with Crippen LogP contribution in [0.3, 0.4) is 0 Å². The maximum Gasteiger partial charge on any atom is 0.328 e. The number of hydrogen-bond donors (Lipinski definition) is 1. The number of hydrogen-bond acceptors (Lipinski definition) is 3. The molecule has 0 saturated heterocycles. The highest BCUT2D eigenvalue weighted by molar-refractivity contribution is 5.92. The van der Waals surface area contributed by atoms with Gasteiger partial charge in [0.1, 0.15) is 23.8 Å². The predicted octanol–water partition coefficient (Wildman–Crippen LogP) is 4.73. The molecule has 0 bridgehead atoms. The first-order valence-electron chi connectivity index (χ1n) is 8.13. The van der Waals surface area contributed by atoms with Crippen LogP contribution < -0.4 is 9.47 Å². The fourth-order valence-corrected chi connectivity index (χ4v) is 2.97. The Morgan fingerprint density at radius 2 is 2.00 bits per heavy atom. The van der Waals surface area contributed by atoms with E-state index in [9.17, 15) is 9.18 Å². The number of ether oxygens (including phenoxy) is 2. The third-order valence-corrected chi connectivity index (χ3v) is 4.05. The summed E-state index contributed by atoms with van der Waals surface area (Å²) in [7, 11) is 1.47. The van der Waals surface area contributed by atoms with Gasteiger partial charge in [0.15, 0.2) is 0 Å². The minimum atomic E-state index is -1.20. The standard InChI is InChI=1S/C20H25FO4/c1-19(2,3)15-10-20(4,5)25-17-9-16(24-6)13(8-14(15)17)12(11-21)7-18(22)23/h7-10H,11H2,1-6H3,(H,22,23)/b12-7-. The Balaban J connectivity index is 2.75. The highest BCUT2D eigenvalue weighted by atomic mass is 19.1. The fraction of sp³-hybridized carbons (Fsp3) is 0.450. The fourth-order valence-electron chi connectivity index (χ4n) is 2.97. The number of rotatable bonds is 4. The second-order valence-electron chi connectivity index (χ2n) is 7.70. The summed E-state index contributed by atoms with van der Waals surface area (Å²) in [6.45, 7) is 9.33. The van der Waals surface area contributed by atoms with E-state index in [0.717, 1.165) is 17.2 Å². The van der Waals surface area contributed by atoms with E-state index in [2.05, 4.69) is 26.8 Å². The molecule has 0 saturated carbocycles. The number of halogens is 1. The molecule has 5 heteroatoms. The lowest BCUT2D eigenvalue weighted by Crippen LogP contribution is -2.31. The van der Waals surface area contributed by atoms with Crippen LogP contribution in [0.25, 0.3) is 11.1 Å². The zero-order valence-corrected chi connectivity index (χ0v) is 15.6. The second kappa shape index (κ2) is 6.54. The molecule has 0 spiro atoms. The number of benzene rings is 1. The maximum absolute atomic E-state index is 13.5. The SMILES string of the molecule is COc1cc2c(cc1/C(=C\C(=O)O)CF)C(C(C)(C)C)=CC(C)(C)O2. The summed E-state index contributed by atoms with van der Waals surface area (Å²) >= 11 is 0. The molecule has 25 heavy (non-hydrogen) atoms. The lowest BCUT2D eigenvalue weighted by Gasteiger charge is -2.36. The number of fused-ring (bicyclic) bond motifs is 1. The molecule has 1 heterocycles. The van der Waals surface area contributed by atoms with Crippen LogP contribution in [0.4, 0.5) is 4.39 Å². The van der Waals surface area contributed by atoms with E-state index in [-0.39, 0.29) is 11.0 Å². The van der Waals surface area contributed by atoms with E-state index < -0.39 is 18.2 Å². The number of alkyl halides is 1. The highest BCUT2D eigenvalue weighted by Crippen LogP contribution is 2.47. The first-order valence-corrected chi connectivity index (χ1v) is 8.13. The van der Waals surface area contributed by atoms with Crippen molar-refractivity contribution in [1.82, 2.24) is 0 Å². The van der Waals surface area contributed by atoms with Crippen molar-refractivity contribution in [3.63, 3.8) is 0 Å². The summed E-state index contributed by atoms with van der Waals surface area (Å²) in [5.41, 5.74) is 1.73. The predicted molar refractivity (Wildman–Crippen MR) is 96.7 cm³/mol. The molecule has 1 aromatic rings. The van der Waals surface area contributed by atoms with Gasteiger partial charge in [-0.2, -0.15) is 0 Å². The number of carboxylic acid groups (broad SMARTS) is 1. The molecule has 0 fully saturated rings. The van der Waals surface area contributed by atoms with Crippen LogP contribution in [-0.4, -0.2) is 30.5 Å². The summed E-state index contributed by atoms with van der Waals surface area (Å²) in [6, 6.07) is 3.46. The third-order valence-electron chi connectivity index (χ3n) is 4.05. The normalized spacial score (nSPS) is 16.6. The molecule has 136 valence electrons. The summed E-state index contributed by atoms with van der Waals surface area (Å²) in [5.74, 6) is -0.169. The Bertz CT molecular complexity index is 752. The van der Waals surface area contributed by atoms with E-state index in [0.29, 0.717) is 17.1 Å². The Morgan fingerprint density at radius 1 is 1.36 bits per heavy atom. The number of aliphatic carboxylic acids is 1. The topological polar surface area (TPSA) is 55.8 Å². The molecule has 0 unspecified atom stereocenters. The first kappa shape index (κ1) is 19.0. The van der Waals surface area contributed by atoms with Gasteiger partial charge in [0.05, 0.1) is 7.11 Å². The van der Waals surface area contributed by atoms with Crippen LogP contribution in [0.1, 0.15) is 45.7 Å². The minimum Gasteiger partial charge on any atom is -0.496 e. The lowest BCUT2D eigenvalue weighted by molar-refractivity contribution is -0.131. The molecule has 0 aromatic heterocycles. The quantitative estimate of drug-likeness (QED) is 0.799. The van der Waals surface area contributed by atoms with Crippen LogP contribution in [0, 0.1) is 5.41 Å². The molecule has 1 aromatic carbocycles. The molecule has 0 aliphatic carbocycles. The van der Waals surface area contributed by atoms with E-state index in [4.69, 9.17) is 14.6 Å².